The van der Waals surface area contributed by atoms with E-state index in [9.17, 15) is 17.6 Å². The van der Waals surface area contributed by atoms with Crippen molar-refractivity contribution in [1.29, 1.82) is 0 Å². The van der Waals surface area contributed by atoms with E-state index in [1.54, 1.807) is 36.6 Å². The monoisotopic (exact) mass is 478 g/mol. The van der Waals surface area contributed by atoms with Gasteiger partial charge in [-0.2, -0.15) is 0 Å². The van der Waals surface area contributed by atoms with Crippen LogP contribution in [-0.2, 0) is 14.8 Å². The fourth-order valence-corrected chi connectivity index (χ4v) is 5.63. The van der Waals surface area contributed by atoms with E-state index in [0.717, 1.165) is 27.3 Å². The molecular formula is C22H23FN2O5S2. The van der Waals surface area contributed by atoms with Crippen molar-refractivity contribution in [2.24, 2.45) is 0 Å². The van der Waals surface area contributed by atoms with Gasteiger partial charge in [-0.25, -0.2) is 12.8 Å². The lowest BCUT2D eigenvalue weighted by molar-refractivity contribution is -0.120. The van der Waals surface area contributed by atoms with Crippen molar-refractivity contribution in [1.82, 2.24) is 5.32 Å². The number of halogens is 1. The first-order valence-corrected chi connectivity index (χ1v) is 11.9. The second-order valence-corrected chi connectivity index (χ2v) is 9.84. The fraction of sp³-hybridized carbons (Fsp3) is 0.227. The molecule has 3 rings (SSSR count). The van der Waals surface area contributed by atoms with E-state index >= 15 is 0 Å². The maximum absolute atomic E-state index is 14.5. The quantitative estimate of drug-likeness (QED) is 0.503. The van der Waals surface area contributed by atoms with Gasteiger partial charge < -0.3 is 14.8 Å². The van der Waals surface area contributed by atoms with Gasteiger partial charge in [0.15, 0.2) is 11.5 Å². The molecule has 0 saturated heterocycles. The molecule has 2 aromatic carbocycles. The predicted octanol–water partition coefficient (Wildman–Crippen LogP) is 3.98. The topological polar surface area (TPSA) is 84.9 Å². The average Bonchev–Trinajstić information content (AvgIpc) is 3.33. The molecular weight excluding hydrogens is 455 g/mol. The highest BCUT2D eigenvalue weighted by atomic mass is 32.2. The highest BCUT2D eigenvalue weighted by Gasteiger charge is 2.30. The number of nitrogens with zero attached hydrogens (tertiary/aromatic N) is 1. The van der Waals surface area contributed by atoms with Crippen LogP contribution in [0.5, 0.6) is 11.5 Å². The highest BCUT2D eigenvalue weighted by molar-refractivity contribution is 7.94. The van der Waals surface area contributed by atoms with E-state index in [2.05, 4.69) is 5.32 Å². The van der Waals surface area contributed by atoms with E-state index in [1.807, 2.05) is 0 Å². The van der Waals surface area contributed by atoms with Gasteiger partial charge in [0.2, 0.25) is 5.91 Å². The number of benzene rings is 2. The van der Waals surface area contributed by atoms with Crippen molar-refractivity contribution in [3.63, 3.8) is 0 Å². The van der Waals surface area contributed by atoms with Crippen LogP contribution in [0.25, 0.3) is 0 Å². The Balaban J connectivity index is 1.85. The normalized spacial score (nSPS) is 12.1. The molecule has 3 aromatic rings. The van der Waals surface area contributed by atoms with Gasteiger partial charge in [0.1, 0.15) is 16.6 Å². The molecule has 170 valence electrons. The van der Waals surface area contributed by atoms with E-state index in [-0.39, 0.29) is 9.90 Å². The Morgan fingerprint density at radius 1 is 1.09 bits per heavy atom. The maximum atomic E-state index is 14.5. The molecule has 0 fully saturated rings. The lowest BCUT2D eigenvalue weighted by Gasteiger charge is -2.25. The molecule has 0 spiro atoms. The molecule has 0 bridgehead atoms. The molecule has 1 unspecified atom stereocenters. The number of hydrogen-bond acceptors (Lipinski definition) is 6. The molecule has 1 atom stereocenters. The second kappa shape index (κ2) is 10.0. The van der Waals surface area contributed by atoms with Gasteiger partial charge in [0, 0.05) is 0 Å². The van der Waals surface area contributed by atoms with E-state index < -0.39 is 34.3 Å². The van der Waals surface area contributed by atoms with Crippen molar-refractivity contribution in [2.45, 2.75) is 17.2 Å². The van der Waals surface area contributed by atoms with Crippen LogP contribution in [0.2, 0.25) is 0 Å². The molecule has 32 heavy (non-hydrogen) atoms. The van der Waals surface area contributed by atoms with E-state index in [1.165, 1.54) is 38.5 Å². The fourth-order valence-electron chi connectivity index (χ4n) is 3.10. The minimum Gasteiger partial charge on any atom is -0.493 e. The van der Waals surface area contributed by atoms with Crippen LogP contribution in [-0.4, -0.2) is 35.1 Å². The molecule has 10 heteroatoms. The Bertz CT molecular complexity index is 1180. The van der Waals surface area contributed by atoms with Gasteiger partial charge in [-0.1, -0.05) is 24.3 Å². The molecule has 0 radical (unpaired) electrons. The summed E-state index contributed by atoms with van der Waals surface area (Å²) in [7, 11) is -1.11. The Morgan fingerprint density at radius 3 is 2.44 bits per heavy atom. The summed E-state index contributed by atoms with van der Waals surface area (Å²) in [4.78, 5) is 12.8. The zero-order chi connectivity index (χ0) is 23.3. The molecule has 1 N–H and O–H groups in total. The Labute approximate surface area is 190 Å². The zero-order valence-corrected chi connectivity index (χ0v) is 19.4. The predicted molar refractivity (Wildman–Crippen MR) is 121 cm³/mol. The number of amides is 1. The van der Waals surface area contributed by atoms with Gasteiger partial charge in [0.05, 0.1) is 25.9 Å². The SMILES string of the molecule is COc1ccc(C(C)NC(=O)CN(c2ccccc2F)S(=O)(=O)c2cccs2)cc1OC. The summed E-state index contributed by atoms with van der Waals surface area (Å²) in [6, 6.07) is 13.2. The molecule has 7 nitrogen and oxygen atoms in total. The summed E-state index contributed by atoms with van der Waals surface area (Å²) < 4.78 is 52.1. The average molecular weight is 479 g/mol. The summed E-state index contributed by atoms with van der Waals surface area (Å²) in [6.45, 7) is 1.17. The molecule has 1 aromatic heterocycles. The van der Waals surface area contributed by atoms with Crippen molar-refractivity contribution < 1.29 is 27.1 Å². The lowest BCUT2D eigenvalue weighted by atomic mass is 10.1. The minimum atomic E-state index is -4.13. The van der Waals surface area contributed by atoms with Gasteiger partial charge in [-0.15, -0.1) is 11.3 Å². The Hall–Kier alpha value is -3.11. The number of hydrogen-bond donors (Lipinski definition) is 1. The molecule has 1 heterocycles. The van der Waals surface area contributed by atoms with Crippen LogP contribution < -0.4 is 19.1 Å². The van der Waals surface area contributed by atoms with Gasteiger partial charge in [-0.05, 0) is 48.2 Å². The van der Waals surface area contributed by atoms with Crippen LogP contribution in [0.3, 0.4) is 0 Å². The van der Waals surface area contributed by atoms with Crippen LogP contribution >= 0.6 is 11.3 Å². The number of sulfonamides is 1. The maximum Gasteiger partial charge on any atom is 0.274 e. The number of carbonyl (C=O) groups excluding carboxylic acids is 1. The summed E-state index contributed by atoms with van der Waals surface area (Å²) in [6.07, 6.45) is 0. The van der Waals surface area contributed by atoms with Crippen molar-refractivity contribution >= 4 is 33.0 Å². The highest BCUT2D eigenvalue weighted by Crippen LogP contribution is 2.31. The molecule has 0 aliphatic carbocycles. The van der Waals surface area contributed by atoms with E-state index in [0.29, 0.717) is 11.5 Å². The van der Waals surface area contributed by atoms with Crippen molar-refractivity contribution in [2.75, 3.05) is 25.1 Å². The number of methoxy groups -OCH3 is 2. The Kier molecular flexibility index (Phi) is 7.37. The zero-order valence-electron chi connectivity index (χ0n) is 17.7. The third-order valence-corrected chi connectivity index (χ3v) is 7.87. The summed E-state index contributed by atoms with van der Waals surface area (Å²) in [5.41, 5.74) is 0.532. The lowest BCUT2D eigenvalue weighted by Crippen LogP contribution is -2.41. The number of thiophene rings is 1. The third kappa shape index (κ3) is 5.03. The van der Waals surface area contributed by atoms with Gasteiger partial charge in [0.25, 0.3) is 10.0 Å². The van der Waals surface area contributed by atoms with Crippen LogP contribution in [0.15, 0.2) is 64.2 Å². The van der Waals surface area contributed by atoms with Crippen molar-refractivity contribution in [3.8, 4) is 11.5 Å². The first-order valence-electron chi connectivity index (χ1n) is 9.60. The largest absolute Gasteiger partial charge is 0.493 e. The first-order chi connectivity index (χ1) is 15.3. The van der Waals surface area contributed by atoms with Gasteiger partial charge >= 0.3 is 0 Å². The summed E-state index contributed by atoms with van der Waals surface area (Å²) in [5, 5.41) is 4.36. The van der Waals surface area contributed by atoms with Crippen molar-refractivity contribution in [3.05, 3.63) is 71.4 Å². The number of anilines is 1. The molecule has 1 amide bonds. The van der Waals surface area contributed by atoms with Crippen LogP contribution in [0.1, 0.15) is 18.5 Å². The molecule has 0 aliphatic rings. The Morgan fingerprint density at radius 2 is 1.81 bits per heavy atom. The standard InChI is InChI=1S/C22H23FN2O5S2/c1-15(16-10-11-19(29-2)20(13-16)30-3)24-21(26)14-25(18-8-5-4-7-17(18)23)32(27,28)22-9-6-12-31-22/h4-13,15H,14H2,1-3H3,(H,24,26). The van der Waals surface area contributed by atoms with Gasteiger partial charge in [-0.3, -0.25) is 9.10 Å². The number of rotatable bonds is 9. The number of ether oxygens (including phenoxy) is 2. The molecule has 0 aliphatic heterocycles. The number of nitrogens with one attached hydrogen (secondary N) is 1. The van der Waals surface area contributed by atoms with Crippen LogP contribution in [0.4, 0.5) is 10.1 Å². The smallest absolute Gasteiger partial charge is 0.274 e. The third-order valence-electron chi connectivity index (χ3n) is 4.73. The number of para-hydroxylation sites is 1. The van der Waals surface area contributed by atoms with E-state index in [4.69, 9.17) is 9.47 Å². The minimum absolute atomic E-state index is 0.0153. The number of carbonyl (C=O) groups is 1. The molecule has 0 saturated carbocycles. The van der Waals surface area contributed by atoms with Crippen LogP contribution in [0, 0.1) is 5.82 Å². The second-order valence-electron chi connectivity index (χ2n) is 6.80. The first kappa shape index (κ1) is 23.6. The summed E-state index contributed by atoms with van der Waals surface area (Å²) in [5.74, 6) is -0.286. The summed E-state index contributed by atoms with van der Waals surface area (Å²) >= 11 is 0.995.